The van der Waals surface area contributed by atoms with Crippen LogP contribution in [0.3, 0.4) is 0 Å². The predicted molar refractivity (Wildman–Crippen MR) is 147 cm³/mol. The SMILES string of the molecule is COc1cccc(-c2cc(C(=O)NCCCN3CCN(c4cccc(Cl)c4Cl)CC3)c(C)[nH]2)c1.Cl. The minimum Gasteiger partial charge on any atom is -0.497 e. The number of aromatic amines is 1. The van der Waals surface area contributed by atoms with E-state index in [1.807, 2.05) is 55.5 Å². The predicted octanol–water partition coefficient (Wildman–Crippen LogP) is 5.67. The van der Waals surface area contributed by atoms with Gasteiger partial charge in [-0.2, -0.15) is 0 Å². The van der Waals surface area contributed by atoms with Crippen LogP contribution in [0.1, 0.15) is 22.5 Å². The molecule has 35 heavy (non-hydrogen) atoms. The lowest BCUT2D eigenvalue weighted by molar-refractivity contribution is 0.0951. The maximum absolute atomic E-state index is 12.7. The van der Waals surface area contributed by atoms with Crippen molar-refractivity contribution in [2.75, 3.05) is 51.3 Å². The first kappa shape index (κ1) is 27.2. The highest BCUT2D eigenvalue weighted by atomic mass is 35.5. The van der Waals surface area contributed by atoms with E-state index in [2.05, 4.69) is 20.1 Å². The highest BCUT2D eigenvalue weighted by Gasteiger charge is 2.20. The first-order valence-electron chi connectivity index (χ1n) is 11.5. The molecular weight excluding hydrogens is 507 g/mol. The fourth-order valence-corrected chi connectivity index (χ4v) is 4.70. The molecule has 0 atom stereocenters. The molecule has 0 bridgehead atoms. The molecule has 1 saturated heterocycles. The largest absolute Gasteiger partial charge is 0.497 e. The number of aromatic nitrogens is 1. The first-order chi connectivity index (χ1) is 16.5. The van der Waals surface area contributed by atoms with Crippen LogP contribution in [0.25, 0.3) is 11.3 Å². The number of carbonyl (C=O) groups is 1. The number of piperazine rings is 1. The average molecular weight is 538 g/mol. The number of hydrogen-bond donors (Lipinski definition) is 2. The summed E-state index contributed by atoms with van der Waals surface area (Å²) < 4.78 is 5.30. The molecule has 1 amide bonds. The van der Waals surface area contributed by atoms with Crippen molar-refractivity contribution in [2.45, 2.75) is 13.3 Å². The number of methoxy groups -OCH3 is 1. The number of hydrogen-bond acceptors (Lipinski definition) is 4. The number of benzene rings is 2. The number of ether oxygens (including phenoxy) is 1. The summed E-state index contributed by atoms with van der Waals surface area (Å²) in [5.74, 6) is 0.732. The van der Waals surface area contributed by atoms with Crippen molar-refractivity contribution in [3.05, 3.63) is 69.8 Å². The van der Waals surface area contributed by atoms with Gasteiger partial charge in [0.05, 0.1) is 28.4 Å². The Morgan fingerprint density at radius 3 is 2.57 bits per heavy atom. The molecule has 1 aromatic heterocycles. The molecule has 2 heterocycles. The van der Waals surface area contributed by atoms with Gasteiger partial charge >= 0.3 is 0 Å². The number of carbonyl (C=O) groups excluding carboxylic acids is 1. The van der Waals surface area contributed by atoms with Crippen LogP contribution in [0.15, 0.2) is 48.5 Å². The number of halogens is 3. The van der Waals surface area contributed by atoms with Gasteiger partial charge in [0.2, 0.25) is 0 Å². The first-order valence-corrected chi connectivity index (χ1v) is 12.3. The maximum atomic E-state index is 12.7. The Bertz CT molecular complexity index is 1140. The maximum Gasteiger partial charge on any atom is 0.253 e. The van der Waals surface area contributed by atoms with Crippen LogP contribution >= 0.6 is 35.6 Å². The monoisotopic (exact) mass is 536 g/mol. The molecule has 0 spiro atoms. The summed E-state index contributed by atoms with van der Waals surface area (Å²) in [6, 6.07) is 15.5. The zero-order valence-corrected chi connectivity index (χ0v) is 22.3. The third-order valence-electron chi connectivity index (χ3n) is 6.22. The van der Waals surface area contributed by atoms with E-state index in [9.17, 15) is 4.79 Å². The van der Waals surface area contributed by atoms with Crippen molar-refractivity contribution >= 4 is 47.2 Å². The minimum absolute atomic E-state index is 0. The van der Waals surface area contributed by atoms with Crippen molar-refractivity contribution in [1.82, 2.24) is 15.2 Å². The number of H-pyrrole nitrogens is 1. The molecule has 2 N–H and O–H groups in total. The zero-order valence-electron chi connectivity index (χ0n) is 19.9. The molecule has 1 fully saturated rings. The molecule has 1 aliphatic rings. The van der Waals surface area contributed by atoms with Gasteiger partial charge in [0.1, 0.15) is 5.75 Å². The van der Waals surface area contributed by atoms with E-state index in [4.69, 9.17) is 27.9 Å². The van der Waals surface area contributed by atoms with Crippen molar-refractivity contribution in [1.29, 1.82) is 0 Å². The molecule has 188 valence electrons. The van der Waals surface area contributed by atoms with Crippen LogP contribution in [0, 0.1) is 6.92 Å². The average Bonchev–Trinajstić information content (AvgIpc) is 3.25. The number of anilines is 1. The van der Waals surface area contributed by atoms with Gasteiger partial charge in [0, 0.05) is 49.7 Å². The standard InChI is InChI=1S/C26H30Cl2N4O2.ClH/c1-18-21(17-23(30-18)19-6-3-7-20(16-19)34-2)26(33)29-10-5-11-31-12-14-32(15-13-31)24-9-4-8-22(27)25(24)28;/h3-4,6-9,16-17,30H,5,10-15H2,1-2H3,(H,29,33);1H. The second-order valence-corrected chi connectivity index (χ2v) is 9.25. The lowest BCUT2D eigenvalue weighted by atomic mass is 10.1. The van der Waals surface area contributed by atoms with E-state index in [1.165, 1.54) is 0 Å². The van der Waals surface area contributed by atoms with E-state index >= 15 is 0 Å². The molecule has 9 heteroatoms. The van der Waals surface area contributed by atoms with Crippen molar-refractivity contribution in [2.24, 2.45) is 0 Å². The Hall–Kier alpha value is -2.38. The van der Waals surface area contributed by atoms with Gasteiger partial charge in [0.25, 0.3) is 5.91 Å². The molecule has 0 saturated carbocycles. The molecule has 4 rings (SSSR count). The lowest BCUT2D eigenvalue weighted by Gasteiger charge is -2.36. The van der Waals surface area contributed by atoms with Gasteiger partial charge in [0.15, 0.2) is 0 Å². The van der Waals surface area contributed by atoms with Crippen molar-refractivity contribution in [3.63, 3.8) is 0 Å². The van der Waals surface area contributed by atoms with Gasteiger partial charge in [-0.05, 0) is 50.2 Å². The van der Waals surface area contributed by atoms with Gasteiger partial charge in [-0.15, -0.1) is 12.4 Å². The summed E-state index contributed by atoms with van der Waals surface area (Å²) in [6.07, 6.45) is 0.899. The minimum atomic E-state index is -0.0525. The number of aryl methyl sites for hydroxylation is 1. The van der Waals surface area contributed by atoms with E-state index < -0.39 is 0 Å². The second kappa shape index (κ2) is 12.5. The second-order valence-electron chi connectivity index (χ2n) is 8.46. The molecule has 6 nitrogen and oxygen atoms in total. The summed E-state index contributed by atoms with van der Waals surface area (Å²) in [7, 11) is 1.65. The molecule has 0 radical (unpaired) electrons. The summed E-state index contributed by atoms with van der Waals surface area (Å²) in [5, 5.41) is 4.27. The van der Waals surface area contributed by atoms with Crippen LogP contribution in [0.5, 0.6) is 5.75 Å². The molecule has 0 aliphatic carbocycles. The topological polar surface area (TPSA) is 60.6 Å². The van der Waals surface area contributed by atoms with Crippen molar-refractivity contribution in [3.8, 4) is 17.0 Å². The Balaban J connectivity index is 0.00000342. The van der Waals surface area contributed by atoms with Crippen LogP contribution in [0.2, 0.25) is 10.0 Å². The molecule has 0 unspecified atom stereocenters. The van der Waals surface area contributed by atoms with Crippen LogP contribution in [-0.2, 0) is 0 Å². The molecule has 3 aromatic rings. The van der Waals surface area contributed by atoms with E-state index in [0.29, 0.717) is 22.2 Å². The Labute approximate surface area is 223 Å². The highest BCUT2D eigenvalue weighted by molar-refractivity contribution is 6.43. The van der Waals surface area contributed by atoms with E-state index in [0.717, 1.165) is 67.5 Å². The van der Waals surface area contributed by atoms with Gasteiger partial charge in [-0.3, -0.25) is 9.69 Å². The Morgan fingerprint density at radius 1 is 1.09 bits per heavy atom. The zero-order chi connectivity index (χ0) is 24.1. The smallest absolute Gasteiger partial charge is 0.253 e. The number of rotatable bonds is 8. The normalized spacial score (nSPS) is 13.9. The Morgan fingerprint density at radius 2 is 1.83 bits per heavy atom. The van der Waals surface area contributed by atoms with E-state index in [-0.39, 0.29) is 18.3 Å². The van der Waals surface area contributed by atoms with Gasteiger partial charge < -0.3 is 19.9 Å². The summed E-state index contributed by atoms with van der Waals surface area (Å²) in [6.45, 7) is 7.22. The van der Waals surface area contributed by atoms with Crippen LogP contribution < -0.4 is 15.0 Å². The Kier molecular flexibility index (Phi) is 9.75. The van der Waals surface area contributed by atoms with Crippen LogP contribution in [-0.4, -0.2) is 62.2 Å². The van der Waals surface area contributed by atoms with Gasteiger partial charge in [-0.25, -0.2) is 0 Å². The highest BCUT2D eigenvalue weighted by Crippen LogP contribution is 2.33. The molecule has 1 aliphatic heterocycles. The number of nitrogens with one attached hydrogen (secondary N) is 2. The number of nitrogens with zero attached hydrogens (tertiary/aromatic N) is 2. The van der Waals surface area contributed by atoms with E-state index in [1.54, 1.807) is 7.11 Å². The van der Waals surface area contributed by atoms with Crippen LogP contribution in [0.4, 0.5) is 5.69 Å². The quantitative estimate of drug-likeness (QED) is 0.364. The summed E-state index contributed by atoms with van der Waals surface area (Å²) in [4.78, 5) is 20.8. The number of amides is 1. The third kappa shape index (κ3) is 6.64. The fourth-order valence-electron chi connectivity index (χ4n) is 4.29. The summed E-state index contributed by atoms with van der Waals surface area (Å²) in [5.41, 5.74) is 4.41. The van der Waals surface area contributed by atoms with Crippen molar-refractivity contribution < 1.29 is 9.53 Å². The lowest BCUT2D eigenvalue weighted by Crippen LogP contribution is -2.47. The fraction of sp³-hybridized carbons (Fsp3) is 0.346. The summed E-state index contributed by atoms with van der Waals surface area (Å²) >= 11 is 12.5. The van der Waals surface area contributed by atoms with Gasteiger partial charge in [-0.1, -0.05) is 41.4 Å². The molecular formula is C26H31Cl3N4O2. The third-order valence-corrected chi connectivity index (χ3v) is 7.03. The molecule has 2 aromatic carbocycles.